The smallest absolute Gasteiger partial charge is 0.311 e. The Kier molecular flexibility index (Phi) is 6.87. The average molecular weight is 342 g/mol. The molecule has 1 N–H and O–H groups in total. The van der Waals surface area contributed by atoms with E-state index in [1.54, 1.807) is 7.11 Å². The highest BCUT2D eigenvalue weighted by atomic mass is 16.5. The van der Waals surface area contributed by atoms with Crippen LogP contribution in [0.2, 0.25) is 0 Å². The lowest BCUT2D eigenvalue weighted by Crippen LogP contribution is -2.14. The van der Waals surface area contributed by atoms with E-state index < -0.39 is 11.9 Å². The second-order valence-electron chi connectivity index (χ2n) is 6.19. The number of carbonyl (C=O) groups is 1. The second kappa shape index (κ2) is 9.11. The summed E-state index contributed by atoms with van der Waals surface area (Å²) in [5.74, 6) is -0.0748. The number of ether oxygens (including phenoxy) is 2. The van der Waals surface area contributed by atoms with Gasteiger partial charge in [-0.2, -0.15) is 0 Å². The Morgan fingerprint density at radius 1 is 1.12 bits per heavy atom. The number of aliphatic carboxylic acids is 1. The van der Waals surface area contributed by atoms with Crippen molar-refractivity contribution in [1.29, 1.82) is 0 Å². The van der Waals surface area contributed by atoms with Crippen LogP contribution in [0.1, 0.15) is 42.4 Å². The molecule has 2 rings (SSSR count). The summed E-state index contributed by atoms with van der Waals surface area (Å²) in [6.07, 6.45) is 2.43. The highest BCUT2D eigenvalue weighted by Crippen LogP contribution is 2.31. The fraction of sp³-hybridized carbons (Fsp3) is 0.381. The van der Waals surface area contributed by atoms with Gasteiger partial charge in [0.2, 0.25) is 0 Å². The van der Waals surface area contributed by atoms with Gasteiger partial charge in [0.1, 0.15) is 0 Å². The van der Waals surface area contributed by atoms with Gasteiger partial charge in [-0.05, 0) is 43.0 Å². The zero-order chi connectivity index (χ0) is 18.2. The van der Waals surface area contributed by atoms with Crippen molar-refractivity contribution < 1.29 is 19.4 Å². The molecule has 0 aromatic heterocycles. The van der Waals surface area contributed by atoms with Crippen molar-refractivity contribution in [2.45, 2.75) is 39.0 Å². The van der Waals surface area contributed by atoms with E-state index >= 15 is 0 Å². The number of rotatable bonds is 9. The fourth-order valence-corrected chi connectivity index (χ4v) is 2.67. The van der Waals surface area contributed by atoms with Gasteiger partial charge in [0.25, 0.3) is 0 Å². The van der Waals surface area contributed by atoms with Crippen LogP contribution in [0, 0.1) is 6.92 Å². The summed E-state index contributed by atoms with van der Waals surface area (Å²) < 4.78 is 11.1. The number of aryl methyl sites for hydroxylation is 1. The molecule has 0 fully saturated rings. The van der Waals surface area contributed by atoms with Crippen molar-refractivity contribution in [2.24, 2.45) is 0 Å². The lowest BCUT2D eigenvalue weighted by atomic mass is 9.91. The maximum Gasteiger partial charge on any atom is 0.311 e. The number of carboxylic acids is 1. The lowest BCUT2D eigenvalue weighted by molar-refractivity contribution is -0.138. The Labute approximate surface area is 149 Å². The molecule has 25 heavy (non-hydrogen) atoms. The Morgan fingerprint density at radius 2 is 1.84 bits per heavy atom. The first-order valence-corrected chi connectivity index (χ1v) is 8.64. The third-order valence-corrected chi connectivity index (χ3v) is 4.20. The molecule has 0 radical (unpaired) electrons. The van der Waals surface area contributed by atoms with Crippen LogP contribution >= 0.6 is 0 Å². The second-order valence-corrected chi connectivity index (χ2v) is 6.19. The largest absolute Gasteiger partial charge is 0.493 e. The van der Waals surface area contributed by atoms with Gasteiger partial charge in [-0.25, -0.2) is 0 Å². The van der Waals surface area contributed by atoms with Crippen molar-refractivity contribution in [3.05, 3.63) is 59.2 Å². The van der Waals surface area contributed by atoms with Crippen LogP contribution in [-0.2, 0) is 11.2 Å². The molecule has 0 aliphatic carbocycles. The van der Waals surface area contributed by atoms with Crippen molar-refractivity contribution in [1.82, 2.24) is 0 Å². The standard InChI is InChI=1S/C21H26O4/c1-4-5-12-25-20-14-16(8-11-19(20)24-3)13-18(21(22)23)17-9-6-15(2)7-10-17/h6-11,14,18H,4-5,12-13H2,1-3H3,(H,22,23). The Bertz CT molecular complexity index is 692. The van der Waals surface area contributed by atoms with E-state index in [-0.39, 0.29) is 0 Å². The Balaban J connectivity index is 2.22. The molecule has 134 valence electrons. The van der Waals surface area contributed by atoms with E-state index in [2.05, 4.69) is 6.92 Å². The van der Waals surface area contributed by atoms with Crippen molar-refractivity contribution in [3.63, 3.8) is 0 Å². The molecule has 0 heterocycles. The Morgan fingerprint density at radius 3 is 2.44 bits per heavy atom. The molecule has 4 heteroatoms. The monoisotopic (exact) mass is 342 g/mol. The summed E-state index contributed by atoms with van der Waals surface area (Å²) in [5, 5.41) is 9.64. The predicted molar refractivity (Wildman–Crippen MR) is 98.7 cm³/mol. The summed E-state index contributed by atoms with van der Waals surface area (Å²) in [6, 6.07) is 13.3. The zero-order valence-electron chi connectivity index (χ0n) is 15.1. The highest BCUT2D eigenvalue weighted by molar-refractivity contribution is 5.76. The van der Waals surface area contributed by atoms with Crippen LogP contribution in [-0.4, -0.2) is 24.8 Å². The SMILES string of the molecule is CCCCOc1cc(CC(C(=O)O)c2ccc(C)cc2)ccc1OC. The molecule has 0 saturated heterocycles. The van der Waals surface area contributed by atoms with E-state index in [1.807, 2.05) is 49.4 Å². The number of benzene rings is 2. The quantitative estimate of drug-likeness (QED) is 0.677. The minimum Gasteiger partial charge on any atom is -0.493 e. The lowest BCUT2D eigenvalue weighted by Gasteiger charge is -2.16. The summed E-state index contributed by atoms with van der Waals surface area (Å²) in [4.78, 5) is 11.8. The first-order valence-electron chi connectivity index (χ1n) is 8.64. The van der Waals surface area contributed by atoms with Gasteiger partial charge < -0.3 is 14.6 Å². The maximum atomic E-state index is 11.8. The summed E-state index contributed by atoms with van der Waals surface area (Å²) in [5.41, 5.74) is 2.84. The number of unbranched alkanes of at least 4 members (excludes halogenated alkanes) is 1. The minimum atomic E-state index is -0.826. The van der Waals surface area contributed by atoms with Gasteiger partial charge in [-0.1, -0.05) is 49.2 Å². The van der Waals surface area contributed by atoms with Crippen LogP contribution in [0.4, 0.5) is 0 Å². The third kappa shape index (κ3) is 5.24. The molecule has 2 aromatic rings. The molecule has 0 amide bonds. The molecule has 0 saturated carbocycles. The van der Waals surface area contributed by atoms with Gasteiger partial charge in [0.15, 0.2) is 11.5 Å². The third-order valence-electron chi connectivity index (χ3n) is 4.20. The van der Waals surface area contributed by atoms with Gasteiger partial charge in [-0.3, -0.25) is 4.79 Å². The molecule has 1 atom stereocenters. The van der Waals surface area contributed by atoms with Crippen LogP contribution < -0.4 is 9.47 Å². The maximum absolute atomic E-state index is 11.8. The number of hydrogen-bond acceptors (Lipinski definition) is 3. The van der Waals surface area contributed by atoms with Gasteiger partial charge in [0, 0.05) is 0 Å². The molecule has 4 nitrogen and oxygen atoms in total. The van der Waals surface area contributed by atoms with E-state index in [9.17, 15) is 9.90 Å². The highest BCUT2D eigenvalue weighted by Gasteiger charge is 2.21. The van der Waals surface area contributed by atoms with E-state index in [1.165, 1.54) is 0 Å². The van der Waals surface area contributed by atoms with E-state index in [4.69, 9.17) is 9.47 Å². The molecular weight excluding hydrogens is 316 g/mol. The van der Waals surface area contributed by atoms with Crippen LogP contribution in [0.3, 0.4) is 0 Å². The van der Waals surface area contributed by atoms with Crippen LogP contribution in [0.25, 0.3) is 0 Å². The first kappa shape index (κ1) is 18.8. The number of hydrogen-bond donors (Lipinski definition) is 1. The van der Waals surface area contributed by atoms with Crippen molar-refractivity contribution >= 4 is 5.97 Å². The summed E-state index contributed by atoms with van der Waals surface area (Å²) in [6.45, 7) is 4.72. The molecular formula is C21H26O4. The molecule has 0 spiro atoms. The van der Waals surface area contributed by atoms with Crippen LogP contribution in [0.15, 0.2) is 42.5 Å². The first-order chi connectivity index (χ1) is 12.0. The topological polar surface area (TPSA) is 55.8 Å². The average Bonchev–Trinajstić information content (AvgIpc) is 2.61. The number of methoxy groups -OCH3 is 1. The van der Waals surface area contributed by atoms with Crippen molar-refractivity contribution in [3.8, 4) is 11.5 Å². The number of carboxylic acid groups (broad SMARTS) is 1. The minimum absolute atomic E-state index is 0.409. The summed E-state index contributed by atoms with van der Waals surface area (Å²) >= 11 is 0. The molecule has 1 unspecified atom stereocenters. The summed E-state index contributed by atoms with van der Waals surface area (Å²) in [7, 11) is 1.61. The predicted octanol–water partition coefficient (Wildman–Crippen LogP) is 4.59. The van der Waals surface area contributed by atoms with E-state index in [0.29, 0.717) is 24.5 Å². The fourth-order valence-electron chi connectivity index (χ4n) is 2.67. The van der Waals surface area contributed by atoms with Gasteiger partial charge >= 0.3 is 5.97 Å². The van der Waals surface area contributed by atoms with E-state index in [0.717, 1.165) is 29.5 Å². The van der Waals surface area contributed by atoms with Crippen molar-refractivity contribution in [2.75, 3.05) is 13.7 Å². The normalized spacial score (nSPS) is 11.8. The molecule has 0 bridgehead atoms. The van der Waals surface area contributed by atoms with Gasteiger partial charge in [0.05, 0.1) is 19.6 Å². The molecule has 0 aliphatic heterocycles. The molecule has 2 aromatic carbocycles. The zero-order valence-corrected chi connectivity index (χ0v) is 15.1. The molecule has 0 aliphatic rings. The van der Waals surface area contributed by atoms with Crippen LogP contribution in [0.5, 0.6) is 11.5 Å². The Hall–Kier alpha value is -2.49. The van der Waals surface area contributed by atoms with Gasteiger partial charge in [-0.15, -0.1) is 0 Å².